The molecular formula is C22H29IN4O3. The Morgan fingerprint density at radius 1 is 1.20 bits per heavy atom. The predicted molar refractivity (Wildman–Crippen MR) is 129 cm³/mol. The van der Waals surface area contributed by atoms with Crippen molar-refractivity contribution in [3.05, 3.63) is 59.7 Å². The van der Waals surface area contributed by atoms with Crippen LogP contribution in [-0.2, 0) is 6.54 Å². The van der Waals surface area contributed by atoms with Gasteiger partial charge in [0, 0.05) is 37.6 Å². The van der Waals surface area contributed by atoms with Gasteiger partial charge >= 0.3 is 0 Å². The van der Waals surface area contributed by atoms with Gasteiger partial charge in [-0.1, -0.05) is 18.2 Å². The van der Waals surface area contributed by atoms with E-state index in [0.29, 0.717) is 25.4 Å². The van der Waals surface area contributed by atoms with Crippen LogP contribution in [0, 0.1) is 6.92 Å². The summed E-state index contributed by atoms with van der Waals surface area (Å²) in [5.74, 6) is 1.87. The molecule has 0 bridgehead atoms. The number of carbonyl (C=O) groups is 1. The van der Waals surface area contributed by atoms with E-state index in [1.54, 1.807) is 6.07 Å². The molecule has 7 nitrogen and oxygen atoms in total. The van der Waals surface area contributed by atoms with Gasteiger partial charge in [0.05, 0.1) is 12.8 Å². The van der Waals surface area contributed by atoms with Gasteiger partial charge < -0.3 is 24.4 Å². The molecule has 0 atom stereocenters. The number of benzene rings is 1. The molecular weight excluding hydrogens is 495 g/mol. The lowest BCUT2D eigenvalue weighted by atomic mass is 10.2. The van der Waals surface area contributed by atoms with Crippen LogP contribution in [0.3, 0.4) is 0 Å². The van der Waals surface area contributed by atoms with Crippen molar-refractivity contribution in [1.29, 1.82) is 0 Å². The number of aliphatic imine (C=N–C) groups is 1. The maximum Gasteiger partial charge on any atom is 0.287 e. The molecule has 162 valence electrons. The van der Waals surface area contributed by atoms with Gasteiger partial charge in [0.1, 0.15) is 11.3 Å². The molecule has 30 heavy (non-hydrogen) atoms. The van der Waals surface area contributed by atoms with Gasteiger partial charge in [-0.05, 0) is 38.5 Å². The van der Waals surface area contributed by atoms with Crippen molar-refractivity contribution in [2.24, 2.45) is 4.99 Å². The number of nitrogens with one attached hydrogen (secondary N) is 2. The number of carbonyl (C=O) groups excluding carboxylic acids is 1. The van der Waals surface area contributed by atoms with Crippen LogP contribution in [0.1, 0.15) is 35.2 Å². The van der Waals surface area contributed by atoms with Crippen LogP contribution >= 0.6 is 24.0 Å². The molecule has 1 amide bonds. The highest BCUT2D eigenvalue weighted by atomic mass is 127. The van der Waals surface area contributed by atoms with Crippen molar-refractivity contribution in [3.63, 3.8) is 0 Å². The first-order valence-corrected chi connectivity index (χ1v) is 9.87. The third kappa shape index (κ3) is 6.25. The van der Waals surface area contributed by atoms with Gasteiger partial charge in [-0.3, -0.25) is 9.79 Å². The molecule has 2 N–H and O–H groups in total. The molecule has 1 aromatic carbocycles. The molecule has 0 spiro atoms. The fraction of sp³-hybridized carbons (Fsp3) is 0.364. The van der Waals surface area contributed by atoms with Crippen LogP contribution in [0.15, 0.2) is 56.5 Å². The highest BCUT2D eigenvalue weighted by Crippen LogP contribution is 2.19. The predicted octanol–water partition coefficient (Wildman–Crippen LogP) is 4.17. The lowest BCUT2D eigenvalue weighted by Gasteiger charge is -2.21. The molecule has 0 radical (unpaired) electrons. The highest BCUT2D eigenvalue weighted by Gasteiger charge is 2.12. The quantitative estimate of drug-likeness (QED) is 0.200. The van der Waals surface area contributed by atoms with Gasteiger partial charge in [0.15, 0.2) is 11.7 Å². The second-order valence-electron chi connectivity index (χ2n) is 6.88. The van der Waals surface area contributed by atoms with Crippen molar-refractivity contribution < 1.29 is 13.6 Å². The molecule has 0 fully saturated rings. The largest absolute Gasteiger partial charge is 0.459 e. The summed E-state index contributed by atoms with van der Waals surface area (Å²) in [5, 5.41) is 7.26. The van der Waals surface area contributed by atoms with Crippen LogP contribution in [0.5, 0.6) is 0 Å². The highest BCUT2D eigenvalue weighted by molar-refractivity contribution is 14.0. The molecule has 0 aliphatic rings. The first-order valence-electron chi connectivity index (χ1n) is 9.87. The molecule has 3 rings (SSSR count). The van der Waals surface area contributed by atoms with Crippen molar-refractivity contribution in [1.82, 2.24) is 15.5 Å². The van der Waals surface area contributed by atoms with E-state index in [-0.39, 0.29) is 29.9 Å². The molecule has 3 aromatic rings. The lowest BCUT2D eigenvalue weighted by molar-refractivity contribution is 0.0925. The molecule has 0 unspecified atom stereocenters. The Kier molecular flexibility index (Phi) is 9.22. The minimum absolute atomic E-state index is 0. The molecule has 0 aliphatic heterocycles. The first-order chi connectivity index (χ1) is 14.1. The van der Waals surface area contributed by atoms with Crippen LogP contribution in [0.2, 0.25) is 0 Å². The number of hydrogen-bond acceptors (Lipinski definition) is 4. The van der Waals surface area contributed by atoms with Crippen LogP contribution in [0.25, 0.3) is 11.0 Å². The average molecular weight is 524 g/mol. The van der Waals surface area contributed by atoms with Crippen molar-refractivity contribution in [2.75, 3.05) is 26.7 Å². The lowest BCUT2D eigenvalue weighted by Crippen LogP contribution is -2.38. The normalized spacial score (nSPS) is 11.2. The average Bonchev–Trinajstić information content (AvgIpc) is 3.31. The van der Waals surface area contributed by atoms with Gasteiger partial charge in [0.25, 0.3) is 5.91 Å². The van der Waals surface area contributed by atoms with Gasteiger partial charge in [-0.15, -0.1) is 24.0 Å². The zero-order valence-electron chi connectivity index (χ0n) is 17.6. The van der Waals surface area contributed by atoms with E-state index < -0.39 is 0 Å². The fourth-order valence-electron chi connectivity index (χ4n) is 3.04. The fourth-order valence-corrected chi connectivity index (χ4v) is 3.04. The number of rotatable bonds is 8. The van der Waals surface area contributed by atoms with Crippen molar-refractivity contribution in [2.45, 2.75) is 26.8 Å². The number of nitrogens with zero attached hydrogens (tertiary/aromatic N) is 2. The number of fused-ring (bicyclic) bond motifs is 1. The summed E-state index contributed by atoms with van der Waals surface area (Å²) >= 11 is 0. The first kappa shape index (κ1) is 23.8. The maximum atomic E-state index is 12.0. The number of furan rings is 2. The summed E-state index contributed by atoms with van der Waals surface area (Å²) in [7, 11) is 1.98. The van der Waals surface area contributed by atoms with Crippen LogP contribution in [-0.4, -0.2) is 43.4 Å². The third-order valence-corrected chi connectivity index (χ3v) is 4.52. The van der Waals surface area contributed by atoms with E-state index in [1.165, 1.54) is 6.26 Å². The number of aryl methyl sites for hydroxylation is 1. The van der Waals surface area contributed by atoms with Crippen molar-refractivity contribution in [3.8, 4) is 0 Å². The van der Waals surface area contributed by atoms with Crippen LogP contribution < -0.4 is 10.6 Å². The standard InChI is InChI=1S/C22H28N4O3.HI/c1-4-23-22(25-12-7-11-24-21(27)20-16(2)10-13-28-20)26(3)15-18-14-17-8-5-6-9-19(17)29-18;/h5-6,8-10,13-14H,4,7,11-12,15H2,1-3H3,(H,23,25)(H,24,27);1H. The topological polar surface area (TPSA) is 83.0 Å². The Hall–Kier alpha value is -2.49. The third-order valence-electron chi connectivity index (χ3n) is 4.52. The smallest absolute Gasteiger partial charge is 0.287 e. The van der Waals surface area contributed by atoms with E-state index >= 15 is 0 Å². The maximum absolute atomic E-state index is 12.0. The van der Waals surface area contributed by atoms with E-state index in [1.807, 2.05) is 50.1 Å². The number of para-hydroxylation sites is 1. The molecule has 8 heteroatoms. The Bertz CT molecular complexity index is 947. The number of guanidine groups is 1. The van der Waals surface area contributed by atoms with Crippen LogP contribution in [0.4, 0.5) is 0 Å². The summed E-state index contributed by atoms with van der Waals surface area (Å²) < 4.78 is 11.1. The number of halogens is 1. The van der Waals surface area contributed by atoms with E-state index in [0.717, 1.165) is 41.2 Å². The van der Waals surface area contributed by atoms with Gasteiger partial charge in [0.2, 0.25) is 0 Å². The summed E-state index contributed by atoms with van der Waals surface area (Å²) in [6.07, 6.45) is 2.26. The zero-order chi connectivity index (χ0) is 20.6. The molecule has 0 aliphatic carbocycles. The second kappa shape index (κ2) is 11.6. The molecule has 0 saturated heterocycles. The summed E-state index contributed by atoms with van der Waals surface area (Å²) in [6, 6.07) is 11.8. The number of amides is 1. The Morgan fingerprint density at radius 2 is 2.00 bits per heavy atom. The summed E-state index contributed by atoms with van der Waals surface area (Å²) in [4.78, 5) is 18.7. The van der Waals surface area contributed by atoms with Gasteiger partial charge in [-0.2, -0.15) is 0 Å². The zero-order valence-corrected chi connectivity index (χ0v) is 19.9. The van der Waals surface area contributed by atoms with E-state index in [2.05, 4.69) is 21.7 Å². The molecule has 2 aromatic heterocycles. The number of hydrogen-bond donors (Lipinski definition) is 2. The Labute approximate surface area is 193 Å². The Morgan fingerprint density at radius 3 is 2.70 bits per heavy atom. The minimum atomic E-state index is -0.189. The molecule has 2 heterocycles. The SMILES string of the molecule is CCNC(=NCCCNC(=O)c1occc1C)N(C)Cc1cc2ccccc2o1.I. The van der Waals surface area contributed by atoms with Crippen molar-refractivity contribution >= 4 is 46.8 Å². The Balaban J connectivity index is 0.00000320. The van der Waals surface area contributed by atoms with E-state index in [9.17, 15) is 4.79 Å². The van der Waals surface area contributed by atoms with Gasteiger partial charge in [-0.25, -0.2) is 0 Å². The van der Waals surface area contributed by atoms with E-state index in [4.69, 9.17) is 8.83 Å². The summed E-state index contributed by atoms with van der Waals surface area (Å²) in [5.41, 5.74) is 1.72. The summed E-state index contributed by atoms with van der Waals surface area (Å²) in [6.45, 7) is 6.42. The second-order valence-corrected chi connectivity index (χ2v) is 6.88. The minimum Gasteiger partial charge on any atom is -0.459 e. The molecule has 0 saturated carbocycles. The monoisotopic (exact) mass is 524 g/mol.